The lowest BCUT2D eigenvalue weighted by Crippen LogP contribution is -2.14. The van der Waals surface area contributed by atoms with Gasteiger partial charge in [0.1, 0.15) is 0 Å². The van der Waals surface area contributed by atoms with E-state index in [-0.39, 0.29) is 0 Å². The minimum absolute atomic E-state index is 0.684. The van der Waals surface area contributed by atoms with Gasteiger partial charge in [-0.2, -0.15) is 0 Å². The Labute approximate surface area is 90.1 Å². The van der Waals surface area contributed by atoms with Gasteiger partial charge in [-0.1, -0.05) is 6.92 Å². The number of rotatable bonds is 5. The molecule has 82 valence electrons. The number of hydrogen-bond donors (Lipinski definition) is 1. The van der Waals surface area contributed by atoms with Crippen molar-refractivity contribution < 1.29 is 4.74 Å². The smallest absolute Gasteiger partial charge is 0.222 e. The molecule has 0 aliphatic heterocycles. The second kappa shape index (κ2) is 4.47. The fraction of sp³-hybridized carbons (Fsp3) is 0.636. The van der Waals surface area contributed by atoms with Crippen LogP contribution in [0.3, 0.4) is 0 Å². The van der Waals surface area contributed by atoms with Crippen LogP contribution in [0.2, 0.25) is 0 Å². The molecule has 4 nitrogen and oxygen atoms in total. The molecule has 0 bridgehead atoms. The van der Waals surface area contributed by atoms with E-state index in [9.17, 15) is 0 Å². The van der Waals surface area contributed by atoms with E-state index in [1.165, 1.54) is 12.8 Å². The quantitative estimate of drug-likeness (QED) is 0.801. The summed E-state index contributed by atoms with van der Waals surface area (Å²) in [6.45, 7) is 3.23. The topological polar surface area (TPSA) is 47.0 Å². The van der Waals surface area contributed by atoms with Crippen molar-refractivity contribution in [1.82, 2.24) is 9.97 Å². The van der Waals surface area contributed by atoms with Crippen molar-refractivity contribution >= 4 is 5.95 Å². The second-order valence-electron chi connectivity index (χ2n) is 4.14. The Kier molecular flexibility index (Phi) is 3.04. The lowest BCUT2D eigenvalue weighted by Gasteiger charge is -2.10. The minimum atomic E-state index is 0.684. The summed E-state index contributed by atoms with van der Waals surface area (Å²) in [6, 6.07) is 0. The molecule has 1 saturated carbocycles. The van der Waals surface area contributed by atoms with Crippen molar-refractivity contribution in [2.24, 2.45) is 11.8 Å². The molecule has 2 rings (SSSR count). The highest BCUT2D eigenvalue weighted by Crippen LogP contribution is 2.36. The molecular formula is C11H17N3O. The molecule has 1 N–H and O–H groups in total. The molecule has 1 aromatic rings. The molecule has 1 aromatic heterocycles. The van der Waals surface area contributed by atoms with Crippen molar-refractivity contribution in [3.8, 4) is 5.75 Å². The van der Waals surface area contributed by atoms with E-state index in [2.05, 4.69) is 22.2 Å². The van der Waals surface area contributed by atoms with Gasteiger partial charge in [0, 0.05) is 6.54 Å². The Bertz CT molecular complexity index is 308. The molecule has 4 heteroatoms. The molecule has 1 aliphatic carbocycles. The van der Waals surface area contributed by atoms with Crippen LogP contribution in [0.1, 0.15) is 19.8 Å². The van der Waals surface area contributed by atoms with E-state index in [4.69, 9.17) is 4.74 Å². The first-order valence-electron chi connectivity index (χ1n) is 5.39. The molecule has 0 amide bonds. The van der Waals surface area contributed by atoms with Crippen LogP contribution in [0.4, 0.5) is 5.95 Å². The summed E-state index contributed by atoms with van der Waals surface area (Å²) < 4.78 is 4.99. The maximum absolute atomic E-state index is 4.99. The number of aromatic nitrogens is 2. The van der Waals surface area contributed by atoms with Crippen molar-refractivity contribution in [3.63, 3.8) is 0 Å². The Balaban J connectivity index is 1.81. The molecule has 0 spiro atoms. The molecule has 1 unspecified atom stereocenters. The first-order valence-corrected chi connectivity index (χ1v) is 5.39. The van der Waals surface area contributed by atoms with Crippen LogP contribution >= 0.6 is 0 Å². The van der Waals surface area contributed by atoms with E-state index in [0.29, 0.717) is 11.7 Å². The van der Waals surface area contributed by atoms with Gasteiger partial charge in [0.2, 0.25) is 5.95 Å². The molecule has 1 fully saturated rings. The minimum Gasteiger partial charge on any atom is -0.494 e. The maximum atomic E-state index is 4.99. The van der Waals surface area contributed by atoms with Crippen LogP contribution in [-0.4, -0.2) is 23.6 Å². The standard InChI is InChI=1S/C11H17N3O/c1-8(9-3-4-9)5-12-11-13-6-10(15-2)7-14-11/h6-9H,3-5H2,1-2H3,(H,12,13,14). The van der Waals surface area contributed by atoms with Gasteiger partial charge < -0.3 is 10.1 Å². The predicted molar refractivity (Wildman–Crippen MR) is 59.0 cm³/mol. The molecule has 1 heterocycles. The van der Waals surface area contributed by atoms with Crippen LogP contribution in [0.5, 0.6) is 5.75 Å². The Morgan fingerprint density at radius 2 is 2.13 bits per heavy atom. The van der Waals surface area contributed by atoms with Gasteiger partial charge in [-0.15, -0.1) is 0 Å². The largest absolute Gasteiger partial charge is 0.494 e. The molecular weight excluding hydrogens is 190 g/mol. The van der Waals surface area contributed by atoms with Gasteiger partial charge in [0.15, 0.2) is 5.75 Å². The Hall–Kier alpha value is -1.32. The van der Waals surface area contributed by atoms with Crippen molar-refractivity contribution in [3.05, 3.63) is 12.4 Å². The zero-order valence-corrected chi connectivity index (χ0v) is 9.23. The first kappa shape index (κ1) is 10.2. The lowest BCUT2D eigenvalue weighted by molar-refractivity contribution is 0.411. The third-order valence-electron chi connectivity index (χ3n) is 2.87. The van der Waals surface area contributed by atoms with Gasteiger partial charge in [-0.05, 0) is 24.7 Å². The number of nitrogens with one attached hydrogen (secondary N) is 1. The van der Waals surface area contributed by atoms with Gasteiger partial charge in [-0.3, -0.25) is 0 Å². The molecule has 15 heavy (non-hydrogen) atoms. The monoisotopic (exact) mass is 207 g/mol. The fourth-order valence-corrected chi connectivity index (χ4v) is 1.60. The average molecular weight is 207 g/mol. The zero-order valence-electron chi connectivity index (χ0n) is 9.23. The molecule has 1 aliphatic rings. The van der Waals surface area contributed by atoms with Crippen LogP contribution in [0, 0.1) is 11.8 Å². The third-order valence-corrected chi connectivity index (χ3v) is 2.87. The highest BCUT2D eigenvalue weighted by Gasteiger charge is 2.27. The van der Waals surface area contributed by atoms with Gasteiger partial charge >= 0.3 is 0 Å². The van der Waals surface area contributed by atoms with E-state index in [0.717, 1.165) is 18.4 Å². The highest BCUT2D eigenvalue weighted by molar-refractivity contribution is 5.26. The normalized spacial score (nSPS) is 17.2. The first-order chi connectivity index (χ1) is 7.29. The van der Waals surface area contributed by atoms with Gasteiger partial charge in [0.25, 0.3) is 0 Å². The fourth-order valence-electron chi connectivity index (χ4n) is 1.60. The summed E-state index contributed by atoms with van der Waals surface area (Å²) in [5, 5.41) is 3.24. The summed E-state index contributed by atoms with van der Waals surface area (Å²) in [6.07, 6.45) is 6.12. The predicted octanol–water partition coefficient (Wildman–Crippen LogP) is 1.94. The number of anilines is 1. The van der Waals surface area contributed by atoms with Gasteiger partial charge in [-0.25, -0.2) is 9.97 Å². The van der Waals surface area contributed by atoms with Crippen LogP contribution in [0.15, 0.2) is 12.4 Å². The van der Waals surface area contributed by atoms with Crippen LogP contribution < -0.4 is 10.1 Å². The summed E-state index contributed by atoms with van der Waals surface area (Å²) in [7, 11) is 1.61. The summed E-state index contributed by atoms with van der Waals surface area (Å²) in [5.74, 6) is 3.01. The van der Waals surface area contributed by atoms with Crippen LogP contribution in [0.25, 0.3) is 0 Å². The zero-order chi connectivity index (χ0) is 10.7. The Morgan fingerprint density at radius 1 is 1.47 bits per heavy atom. The third kappa shape index (κ3) is 2.81. The number of hydrogen-bond acceptors (Lipinski definition) is 4. The van der Waals surface area contributed by atoms with E-state index in [1.807, 2.05) is 0 Å². The SMILES string of the molecule is COc1cnc(NCC(C)C2CC2)nc1. The van der Waals surface area contributed by atoms with E-state index in [1.54, 1.807) is 19.5 Å². The van der Waals surface area contributed by atoms with Crippen LogP contribution in [-0.2, 0) is 0 Å². The highest BCUT2D eigenvalue weighted by atomic mass is 16.5. The van der Waals surface area contributed by atoms with E-state index >= 15 is 0 Å². The summed E-state index contributed by atoms with van der Waals surface area (Å²) in [4.78, 5) is 8.31. The number of methoxy groups -OCH3 is 1. The molecule has 0 saturated heterocycles. The summed E-state index contributed by atoms with van der Waals surface area (Å²) in [5.41, 5.74) is 0. The van der Waals surface area contributed by atoms with Crippen molar-refractivity contribution in [1.29, 1.82) is 0 Å². The Morgan fingerprint density at radius 3 is 2.67 bits per heavy atom. The molecule has 0 aromatic carbocycles. The maximum Gasteiger partial charge on any atom is 0.222 e. The van der Waals surface area contributed by atoms with Crippen molar-refractivity contribution in [2.75, 3.05) is 19.0 Å². The van der Waals surface area contributed by atoms with Crippen molar-refractivity contribution in [2.45, 2.75) is 19.8 Å². The summed E-state index contributed by atoms with van der Waals surface area (Å²) >= 11 is 0. The molecule has 0 radical (unpaired) electrons. The molecule has 1 atom stereocenters. The van der Waals surface area contributed by atoms with E-state index < -0.39 is 0 Å². The number of ether oxygens (including phenoxy) is 1. The van der Waals surface area contributed by atoms with Gasteiger partial charge in [0.05, 0.1) is 19.5 Å². The number of nitrogens with zero attached hydrogens (tertiary/aromatic N) is 2. The lowest BCUT2D eigenvalue weighted by atomic mass is 10.1. The second-order valence-corrected chi connectivity index (χ2v) is 4.14. The average Bonchev–Trinajstić information content (AvgIpc) is 3.10.